The minimum atomic E-state index is -3.78. The molecule has 2 fully saturated rings. The smallest absolute Gasteiger partial charge is 0.312 e. The number of sulfonamides is 1. The van der Waals surface area contributed by atoms with Gasteiger partial charge in [0.05, 0.1) is 5.41 Å². The molecule has 0 spiro atoms. The van der Waals surface area contributed by atoms with Crippen molar-refractivity contribution in [2.75, 3.05) is 19.6 Å². The number of aromatic nitrogens is 2. The van der Waals surface area contributed by atoms with E-state index in [0.29, 0.717) is 25.2 Å². The number of carbonyl (C=O) groups is 1. The van der Waals surface area contributed by atoms with E-state index in [9.17, 15) is 18.3 Å². The molecule has 2 aliphatic heterocycles. The van der Waals surface area contributed by atoms with E-state index in [0.717, 1.165) is 13.0 Å². The number of rotatable bonds is 3. The molecule has 0 aromatic carbocycles. The lowest BCUT2D eigenvalue weighted by Crippen LogP contribution is -2.63. The number of aliphatic carboxylic acids is 1. The van der Waals surface area contributed by atoms with E-state index in [1.54, 1.807) is 18.5 Å². The van der Waals surface area contributed by atoms with Gasteiger partial charge in [-0.3, -0.25) is 4.79 Å². The summed E-state index contributed by atoms with van der Waals surface area (Å²) in [6, 6.07) is -0.175. The number of nitrogens with one attached hydrogen (secondary N) is 1. The maximum Gasteiger partial charge on any atom is 0.312 e. The third-order valence-electron chi connectivity index (χ3n) is 5.10. The van der Waals surface area contributed by atoms with Gasteiger partial charge in [0.15, 0.2) is 5.03 Å². The van der Waals surface area contributed by atoms with Gasteiger partial charge < -0.3 is 15.0 Å². The van der Waals surface area contributed by atoms with Crippen molar-refractivity contribution in [2.45, 2.75) is 37.3 Å². The van der Waals surface area contributed by atoms with Crippen molar-refractivity contribution in [1.82, 2.24) is 19.2 Å². The maximum atomic E-state index is 12.8. The highest BCUT2D eigenvalue weighted by atomic mass is 32.2. The van der Waals surface area contributed by atoms with Gasteiger partial charge in [-0.1, -0.05) is 0 Å². The molecule has 0 aliphatic carbocycles. The van der Waals surface area contributed by atoms with Gasteiger partial charge in [-0.05, 0) is 32.7 Å². The topological polar surface area (TPSA) is 105 Å². The molecule has 8 nitrogen and oxygen atoms in total. The average molecular weight is 342 g/mol. The molecule has 128 valence electrons. The van der Waals surface area contributed by atoms with E-state index in [-0.39, 0.29) is 17.6 Å². The van der Waals surface area contributed by atoms with Crippen LogP contribution < -0.4 is 5.32 Å². The summed E-state index contributed by atoms with van der Waals surface area (Å²) in [5.41, 5.74) is -1.05. The maximum absolute atomic E-state index is 12.8. The lowest BCUT2D eigenvalue weighted by atomic mass is 9.71. The summed E-state index contributed by atoms with van der Waals surface area (Å²) in [7, 11) is -2.04. The molecule has 3 heterocycles. The SMILES string of the molecule is Cc1nc(S(=O)(=O)N2CC[C@H]3NCCC[C@]3(C(=O)O)C2)cn1C. The van der Waals surface area contributed by atoms with Gasteiger partial charge in [0.25, 0.3) is 10.0 Å². The zero-order valence-corrected chi connectivity index (χ0v) is 14.1. The van der Waals surface area contributed by atoms with Gasteiger partial charge in [-0.25, -0.2) is 13.4 Å². The Hall–Kier alpha value is -1.45. The monoisotopic (exact) mass is 342 g/mol. The quantitative estimate of drug-likeness (QED) is 0.798. The van der Waals surface area contributed by atoms with Crippen LogP contribution in [0.1, 0.15) is 25.1 Å². The first kappa shape index (κ1) is 16.4. The Labute approximate surface area is 135 Å². The Bertz CT molecular complexity index is 710. The Balaban J connectivity index is 1.93. The minimum absolute atomic E-state index is 0.00203. The molecule has 0 amide bonds. The number of hydrogen-bond acceptors (Lipinski definition) is 5. The highest BCUT2D eigenvalue weighted by Crippen LogP contribution is 2.39. The normalized spacial score (nSPS) is 29.2. The van der Waals surface area contributed by atoms with Crippen molar-refractivity contribution < 1.29 is 18.3 Å². The van der Waals surface area contributed by atoms with Crippen LogP contribution in [0.3, 0.4) is 0 Å². The number of carboxylic acid groups (broad SMARTS) is 1. The van der Waals surface area contributed by atoms with Gasteiger partial charge in [0.2, 0.25) is 0 Å². The molecule has 0 radical (unpaired) electrons. The summed E-state index contributed by atoms with van der Waals surface area (Å²) < 4.78 is 28.6. The van der Waals surface area contributed by atoms with E-state index in [1.165, 1.54) is 10.5 Å². The number of hydrogen-bond donors (Lipinski definition) is 2. The third kappa shape index (κ3) is 2.56. The molecule has 2 atom stereocenters. The van der Waals surface area contributed by atoms with Crippen LogP contribution in [0.25, 0.3) is 0 Å². The number of nitrogens with zero attached hydrogens (tertiary/aromatic N) is 3. The lowest BCUT2D eigenvalue weighted by Gasteiger charge is -2.47. The minimum Gasteiger partial charge on any atom is -0.481 e. The van der Waals surface area contributed by atoms with Crippen LogP contribution in [-0.4, -0.2) is 59.0 Å². The molecule has 0 saturated carbocycles. The van der Waals surface area contributed by atoms with Crippen LogP contribution in [0.2, 0.25) is 0 Å². The van der Waals surface area contributed by atoms with Crippen LogP contribution in [0, 0.1) is 12.3 Å². The first-order valence-corrected chi connectivity index (χ1v) is 9.18. The van der Waals surface area contributed by atoms with Crippen molar-refractivity contribution in [1.29, 1.82) is 0 Å². The number of piperidine rings is 2. The fraction of sp³-hybridized carbons (Fsp3) is 0.714. The number of imidazole rings is 1. The van der Waals surface area contributed by atoms with Crippen molar-refractivity contribution in [2.24, 2.45) is 12.5 Å². The Kier molecular flexibility index (Phi) is 3.97. The van der Waals surface area contributed by atoms with Gasteiger partial charge in [-0.2, -0.15) is 4.31 Å². The van der Waals surface area contributed by atoms with Gasteiger partial charge in [0.1, 0.15) is 5.82 Å². The van der Waals surface area contributed by atoms with Gasteiger partial charge >= 0.3 is 5.97 Å². The standard InChI is InChI=1S/C14H22N4O4S/c1-10-16-12(8-17(10)2)23(21,22)18-7-4-11-14(9-18,13(19)20)5-3-6-15-11/h8,11,15H,3-7,9H2,1-2H3,(H,19,20)/t11-,14+/m1/s1. The molecule has 2 aliphatic rings. The van der Waals surface area contributed by atoms with Crippen molar-refractivity contribution in [3.05, 3.63) is 12.0 Å². The summed E-state index contributed by atoms with van der Waals surface area (Å²) >= 11 is 0. The molecular weight excluding hydrogens is 320 g/mol. The molecule has 0 unspecified atom stereocenters. The highest BCUT2D eigenvalue weighted by Gasteiger charge is 2.53. The molecular formula is C14H22N4O4S. The fourth-order valence-electron chi connectivity index (χ4n) is 3.60. The molecule has 2 saturated heterocycles. The third-order valence-corrected chi connectivity index (χ3v) is 6.82. The van der Waals surface area contributed by atoms with Crippen molar-refractivity contribution in [3.8, 4) is 0 Å². The van der Waals surface area contributed by atoms with Crippen molar-refractivity contribution >= 4 is 16.0 Å². The number of fused-ring (bicyclic) bond motifs is 1. The summed E-state index contributed by atoms with van der Waals surface area (Å²) in [6.45, 7) is 2.82. The fourth-order valence-corrected chi connectivity index (χ4v) is 5.15. The lowest BCUT2D eigenvalue weighted by molar-refractivity contribution is -0.155. The first-order valence-electron chi connectivity index (χ1n) is 7.74. The van der Waals surface area contributed by atoms with E-state index < -0.39 is 21.4 Å². The second-order valence-electron chi connectivity index (χ2n) is 6.44. The molecule has 1 aromatic rings. The van der Waals surface area contributed by atoms with E-state index in [2.05, 4.69) is 10.3 Å². The highest BCUT2D eigenvalue weighted by molar-refractivity contribution is 7.89. The van der Waals surface area contributed by atoms with E-state index in [1.807, 2.05) is 0 Å². The summed E-state index contributed by atoms with van der Waals surface area (Å²) in [4.78, 5) is 16.0. The molecule has 0 bridgehead atoms. The van der Waals surface area contributed by atoms with Crippen LogP contribution >= 0.6 is 0 Å². The van der Waals surface area contributed by atoms with E-state index >= 15 is 0 Å². The summed E-state index contributed by atoms with van der Waals surface area (Å²) in [6.07, 6.45) is 3.20. The second-order valence-corrected chi connectivity index (χ2v) is 8.32. The van der Waals surface area contributed by atoms with Crippen LogP contribution in [0.15, 0.2) is 11.2 Å². The predicted octanol–water partition coefficient (Wildman–Crippen LogP) is -0.0541. The number of aryl methyl sites for hydroxylation is 2. The molecule has 3 rings (SSSR count). The zero-order valence-electron chi connectivity index (χ0n) is 13.3. The molecule has 1 aromatic heterocycles. The van der Waals surface area contributed by atoms with E-state index in [4.69, 9.17) is 0 Å². The first-order chi connectivity index (χ1) is 10.8. The average Bonchev–Trinajstić information content (AvgIpc) is 2.86. The van der Waals surface area contributed by atoms with Crippen LogP contribution in [-0.2, 0) is 21.9 Å². The predicted molar refractivity (Wildman–Crippen MR) is 82.4 cm³/mol. The van der Waals surface area contributed by atoms with Crippen LogP contribution in [0.5, 0.6) is 0 Å². The Morgan fingerprint density at radius 3 is 2.87 bits per heavy atom. The second kappa shape index (κ2) is 5.57. The largest absolute Gasteiger partial charge is 0.481 e. The van der Waals surface area contributed by atoms with Gasteiger partial charge in [0, 0.05) is 32.4 Å². The summed E-state index contributed by atoms with van der Waals surface area (Å²) in [5.74, 6) is -0.322. The van der Waals surface area contributed by atoms with Crippen LogP contribution in [0.4, 0.5) is 0 Å². The molecule has 9 heteroatoms. The molecule has 23 heavy (non-hydrogen) atoms. The van der Waals surface area contributed by atoms with Crippen molar-refractivity contribution in [3.63, 3.8) is 0 Å². The Morgan fingerprint density at radius 1 is 1.52 bits per heavy atom. The number of carboxylic acids is 1. The summed E-state index contributed by atoms with van der Waals surface area (Å²) in [5, 5.41) is 13.0. The molecule has 2 N–H and O–H groups in total. The zero-order chi connectivity index (χ0) is 16.8. The van der Waals surface area contributed by atoms with Gasteiger partial charge in [-0.15, -0.1) is 0 Å². The Morgan fingerprint density at radius 2 is 2.26 bits per heavy atom.